The minimum Gasteiger partial charge on any atom is -0.465 e. The summed E-state index contributed by atoms with van der Waals surface area (Å²) in [5.74, 6) is 0.756. The lowest BCUT2D eigenvalue weighted by atomic mass is 9.96. The second-order valence-electron chi connectivity index (χ2n) is 4.91. The Bertz CT molecular complexity index is 665. The molecule has 0 saturated carbocycles. The standard InChI is InChI=1S/C16H13NO2/c18-15-13-7-3-4-8-14(13)19-16-12-6-2-1-5-11(12)9-10-17(15)16/h1-8,16H,9-10H2/t16-/m1/s1. The van der Waals surface area contributed by atoms with Gasteiger partial charge in [0.05, 0.1) is 5.56 Å². The zero-order valence-electron chi connectivity index (χ0n) is 10.4. The largest absolute Gasteiger partial charge is 0.465 e. The topological polar surface area (TPSA) is 29.5 Å². The van der Waals surface area contributed by atoms with E-state index in [0.29, 0.717) is 11.3 Å². The van der Waals surface area contributed by atoms with Crippen LogP contribution in [-0.4, -0.2) is 17.4 Å². The zero-order chi connectivity index (χ0) is 12.8. The molecule has 0 radical (unpaired) electrons. The van der Waals surface area contributed by atoms with Crippen molar-refractivity contribution in [3.63, 3.8) is 0 Å². The number of fused-ring (bicyclic) bond motifs is 4. The van der Waals surface area contributed by atoms with Crippen molar-refractivity contribution in [3.05, 3.63) is 65.2 Å². The van der Waals surface area contributed by atoms with Gasteiger partial charge in [0.1, 0.15) is 5.75 Å². The maximum absolute atomic E-state index is 12.5. The number of ether oxygens (including phenoxy) is 1. The normalized spacial score (nSPS) is 20.1. The highest BCUT2D eigenvalue weighted by Crippen LogP contribution is 2.38. The SMILES string of the molecule is O=C1c2ccccc2O[C@@H]2c3ccccc3CCN12. The lowest BCUT2D eigenvalue weighted by Gasteiger charge is -2.40. The quantitative estimate of drug-likeness (QED) is 0.720. The van der Waals surface area contributed by atoms with E-state index >= 15 is 0 Å². The van der Waals surface area contributed by atoms with Gasteiger partial charge in [0.2, 0.25) is 6.23 Å². The summed E-state index contributed by atoms with van der Waals surface area (Å²) in [6, 6.07) is 15.7. The smallest absolute Gasteiger partial charge is 0.260 e. The number of hydrogen-bond donors (Lipinski definition) is 0. The van der Waals surface area contributed by atoms with Gasteiger partial charge >= 0.3 is 0 Å². The molecule has 0 aliphatic carbocycles. The number of para-hydroxylation sites is 1. The first kappa shape index (κ1) is 10.6. The van der Waals surface area contributed by atoms with Crippen molar-refractivity contribution in [2.24, 2.45) is 0 Å². The fourth-order valence-electron chi connectivity index (χ4n) is 2.89. The van der Waals surface area contributed by atoms with Crippen LogP contribution in [0.1, 0.15) is 27.7 Å². The molecular weight excluding hydrogens is 238 g/mol. The van der Waals surface area contributed by atoms with Gasteiger partial charge in [-0.3, -0.25) is 9.69 Å². The number of hydrogen-bond acceptors (Lipinski definition) is 2. The van der Waals surface area contributed by atoms with E-state index in [1.54, 1.807) is 0 Å². The fourth-order valence-corrected chi connectivity index (χ4v) is 2.89. The molecule has 94 valence electrons. The van der Waals surface area contributed by atoms with Crippen molar-refractivity contribution in [1.82, 2.24) is 4.90 Å². The molecule has 4 rings (SSSR count). The number of carbonyl (C=O) groups is 1. The summed E-state index contributed by atoms with van der Waals surface area (Å²) in [5.41, 5.74) is 3.05. The molecule has 1 atom stereocenters. The Balaban J connectivity index is 1.85. The van der Waals surface area contributed by atoms with Gasteiger partial charge < -0.3 is 4.74 Å². The summed E-state index contributed by atoms with van der Waals surface area (Å²) in [4.78, 5) is 14.3. The Kier molecular flexibility index (Phi) is 2.15. The molecular formula is C16H13NO2. The average Bonchev–Trinajstić information content (AvgIpc) is 2.47. The van der Waals surface area contributed by atoms with Crippen molar-refractivity contribution in [2.75, 3.05) is 6.54 Å². The van der Waals surface area contributed by atoms with Gasteiger partial charge in [-0.1, -0.05) is 36.4 Å². The van der Waals surface area contributed by atoms with Gasteiger partial charge in [0.25, 0.3) is 5.91 Å². The van der Waals surface area contributed by atoms with Crippen LogP contribution in [0.5, 0.6) is 5.75 Å². The molecule has 19 heavy (non-hydrogen) atoms. The highest BCUT2D eigenvalue weighted by Gasteiger charge is 2.37. The molecule has 0 spiro atoms. The van der Waals surface area contributed by atoms with E-state index in [1.807, 2.05) is 47.4 Å². The third-order valence-electron chi connectivity index (χ3n) is 3.84. The predicted molar refractivity (Wildman–Crippen MR) is 71.0 cm³/mol. The van der Waals surface area contributed by atoms with Gasteiger partial charge in [0, 0.05) is 12.1 Å². The molecule has 3 heteroatoms. The molecule has 0 fully saturated rings. The number of rotatable bonds is 0. The third-order valence-corrected chi connectivity index (χ3v) is 3.84. The van der Waals surface area contributed by atoms with Gasteiger partial charge in [-0.15, -0.1) is 0 Å². The molecule has 0 unspecified atom stereocenters. The number of carbonyl (C=O) groups excluding carboxylic acids is 1. The summed E-state index contributed by atoms with van der Waals surface area (Å²) >= 11 is 0. The first-order valence-corrected chi connectivity index (χ1v) is 6.49. The van der Waals surface area contributed by atoms with Gasteiger partial charge in [-0.2, -0.15) is 0 Å². The van der Waals surface area contributed by atoms with Crippen LogP contribution in [0.4, 0.5) is 0 Å². The van der Waals surface area contributed by atoms with E-state index in [0.717, 1.165) is 18.5 Å². The van der Waals surface area contributed by atoms with Crippen LogP contribution in [0, 0.1) is 0 Å². The summed E-state index contributed by atoms with van der Waals surface area (Å²) in [6.45, 7) is 0.717. The first-order chi connectivity index (χ1) is 9.34. The predicted octanol–water partition coefficient (Wildman–Crippen LogP) is 2.78. The van der Waals surface area contributed by atoms with E-state index in [2.05, 4.69) is 6.07 Å². The molecule has 2 aliphatic rings. The van der Waals surface area contributed by atoms with Gasteiger partial charge in [0.15, 0.2) is 0 Å². The van der Waals surface area contributed by atoms with E-state index in [-0.39, 0.29) is 12.1 Å². The van der Waals surface area contributed by atoms with Crippen molar-refractivity contribution in [2.45, 2.75) is 12.6 Å². The average molecular weight is 251 g/mol. The Hall–Kier alpha value is -2.29. The van der Waals surface area contributed by atoms with E-state index in [4.69, 9.17) is 4.74 Å². The van der Waals surface area contributed by atoms with E-state index in [1.165, 1.54) is 5.56 Å². The molecule has 3 nitrogen and oxygen atoms in total. The molecule has 0 aromatic heterocycles. The molecule has 2 heterocycles. The minimum absolute atomic E-state index is 0.0707. The summed E-state index contributed by atoms with van der Waals surface area (Å²) in [6.07, 6.45) is 0.622. The minimum atomic E-state index is -0.271. The molecule has 2 aromatic rings. The number of nitrogens with zero attached hydrogens (tertiary/aromatic N) is 1. The first-order valence-electron chi connectivity index (χ1n) is 6.49. The molecule has 1 amide bonds. The maximum Gasteiger partial charge on any atom is 0.260 e. The molecule has 0 bridgehead atoms. The molecule has 0 saturated heterocycles. The Morgan fingerprint density at radius 2 is 1.84 bits per heavy atom. The van der Waals surface area contributed by atoms with E-state index in [9.17, 15) is 4.79 Å². The summed E-state index contributed by atoms with van der Waals surface area (Å²) < 4.78 is 6.04. The fraction of sp³-hybridized carbons (Fsp3) is 0.188. The second kappa shape index (κ2) is 3.85. The monoisotopic (exact) mass is 251 g/mol. The molecule has 0 N–H and O–H groups in total. The summed E-state index contributed by atoms with van der Waals surface area (Å²) in [7, 11) is 0. The van der Waals surface area contributed by atoms with Crippen LogP contribution >= 0.6 is 0 Å². The second-order valence-corrected chi connectivity index (χ2v) is 4.91. The van der Waals surface area contributed by atoms with E-state index < -0.39 is 0 Å². The van der Waals surface area contributed by atoms with Crippen LogP contribution in [0.25, 0.3) is 0 Å². The number of amides is 1. The van der Waals surface area contributed by atoms with Crippen LogP contribution in [0.15, 0.2) is 48.5 Å². The Morgan fingerprint density at radius 1 is 1.05 bits per heavy atom. The molecule has 2 aliphatic heterocycles. The Labute approximate surface area is 111 Å². The van der Waals surface area contributed by atoms with Crippen LogP contribution in [-0.2, 0) is 6.42 Å². The number of benzene rings is 2. The highest BCUT2D eigenvalue weighted by atomic mass is 16.5. The van der Waals surface area contributed by atoms with Crippen molar-refractivity contribution < 1.29 is 9.53 Å². The van der Waals surface area contributed by atoms with Gasteiger partial charge in [-0.25, -0.2) is 0 Å². The third kappa shape index (κ3) is 1.48. The van der Waals surface area contributed by atoms with Crippen LogP contribution < -0.4 is 4.74 Å². The maximum atomic E-state index is 12.5. The van der Waals surface area contributed by atoms with Crippen molar-refractivity contribution in [3.8, 4) is 5.75 Å². The Morgan fingerprint density at radius 3 is 2.79 bits per heavy atom. The van der Waals surface area contributed by atoms with Crippen molar-refractivity contribution >= 4 is 5.91 Å². The summed E-state index contributed by atoms with van der Waals surface area (Å²) in [5, 5.41) is 0. The lowest BCUT2D eigenvalue weighted by Crippen LogP contribution is -2.45. The highest BCUT2D eigenvalue weighted by molar-refractivity contribution is 5.98. The van der Waals surface area contributed by atoms with Crippen LogP contribution in [0.2, 0.25) is 0 Å². The molecule has 2 aromatic carbocycles. The zero-order valence-corrected chi connectivity index (χ0v) is 10.4. The van der Waals surface area contributed by atoms with Crippen molar-refractivity contribution in [1.29, 1.82) is 0 Å². The van der Waals surface area contributed by atoms with Crippen LogP contribution in [0.3, 0.4) is 0 Å². The van der Waals surface area contributed by atoms with Gasteiger partial charge in [-0.05, 0) is 24.1 Å². The lowest BCUT2D eigenvalue weighted by molar-refractivity contribution is 0.00368.